The molecule has 0 aliphatic carbocycles. The monoisotopic (exact) mass is 269 g/mol. The maximum atomic E-state index is 4.60. The molecule has 20 heavy (non-hydrogen) atoms. The van der Waals surface area contributed by atoms with E-state index in [4.69, 9.17) is 0 Å². The zero-order valence-electron chi connectivity index (χ0n) is 13.2. The Morgan fingerprint density at radius 2 is 2.05 bits per heavy atom. The van der Waals surface area contributed by atoms with E-state index in [0.29, 0.717) is 5.92 Å². The van der Waals surface area contributed by atoms with Gasteiger partial charge < -0.3 is 0 Å². The van der Waals surface area contributed by atoms with Gasteiger partial charge in [-0.3, -0.25) is 4.98 Å². The van der Waals surface area contributed by atoms with Crippen LogP contribution in [0.1, 0.15) is 62.8 Å². The van der Waals surface area contributed by atoms with Gasteiger partial charge >= 0.3 is 0 Å². The minimum Gasteiger partial charge on any atom is -0.261 e. The second-order valence-corrected chi connectivity index (χ2v) is 5.07. The van der Waals surface area contributed by atoms with Crippen molar-refractivity contribution in [2.45, 2.75) is 52.4 Å². The highest BCUT2D eigenvalue weighted by atomic mass is 14.7. The predicted molar refractivity (Wildman–Crippen MR) is 89.9 cm³/mol. The van der Waals surface area contributed by atoms with E-state index in [1.165, 1.54) is 24.0 Å². The Morgan fingerprint density at radius 1 is 1.30 bits per heavy atom. The lowest BCUT2D eigenvalue weighted by Crippen LogP contribution is -2.04. The van der Waals surface area contributed by atoms with Crippen molar-refractivity contribution >= 4 is 5.57 Å². The summed E-state index contributed by atoms with van der Waals surface area (Å²) in [5, 5.41) is 0. The molecule has 1 aromatic heterocycles. The Morgan fingerprint density at radius 3 is 2.55 bits per heavy atom. The molecule has 0 saturated carbocycles. The Kier molecular flexibility index (Phi) is 7.00. The second-order valence-electron chi connectivity index (χ2n) is 5.07. The zero-order valence-corrected chi connectivity index (χ0v) is 13.2. The molecular formula is C19H27N. The highest BCUT2D eigenvalue weighted by Gasteiger charge is 2.15. The van der Waals surface area contributed by atoms with E-state index in [0.717, 1.165) is 24.1 Å². The van der Waals surface area contributed by atoms with Crippen LogP contribution in [0.25, 0.3) is 5.57 Å². The van der Waals surface area contributed by atoms with Crippen LogP contribution in [0, 0.1) is 0 Å². The Balaban J connectivity index is 3.38. The van der Waals surface area contributed by atoms with Gasteiger partial charge in [0.1, 0.15) is 0 Å². The van der Waals surface area contributed by atoms with Gasteiger partial charge in [0.05, 0.1) is 0 Å². The van der Waals surface area contributed by atoms with E-state index in [9.17, 15) is 0 Å². The first-order valence-electron chi connectivity index (χ1n) is 7.66. The highest BCUT2D eigenvalue weighted by molar-refractivity contribution is 5.77. The van der Waals surface area contributed by atoms with Gasteiger partial charge in [-0.05, 0) is 47.9 Å². The average molecular weight is 269 g/mol. The first-order valence-corrected chi connectivity index (χ1v) is 7.66. The summed E-state index contributed by atoms with van der Waals surface area (Å²) in [6.07, 6.45) is 12.3. The SMILES string of the molecule is C=C/C=C(\C=C)c1cc(CC)ncc1C(CC)CCC. The van der Waals surface area contributed by atoms with Crippen LogP contribution in [0.3, 0.4) is 0 Å². The third-order valence-electron chi connectivity index (χ3n) is 3.75. The van der Waals surface area contributed by atoms with Crippen molar-refractivity contribution in [2.75, 3.05) is 0 Å². The molecule has 1 nitrogen and oxygen atoms in total. The van der Waals surface area contributed by atoms with Crippen LogP contribution in [0.2, 0.25) is 0 Å². The summed E-state index contributed by atoms with van der Waals surface area (Å²) >= 11 is 0. The van der Waals surface area contributed by atoms with Crippen molar-refractivity contribution in [1.82, 2.24) is 4.98 Å². The largest absolute Gasteiger partial charge is 0.261 e. The number of allylic oxidation sites excluding steroid dienone is 4. The molecule has 1 unspecified atom stereocenters. The molecule has 0 saturated heterocycles. The number of nitrogens with zero attached hydrogens (tertiary/aromatic N) is 1. The summed E-state index contributed by atoms with van der Waals surface area (Å²) in [4.78, 5) is 4.60. The average Bonchev–Trinajstić information content (AvgIpc) is 2.50. The van der Waals surface area contributed by atoms with Crippen molar-refractivity contribution in [3.63, 3.8) is 0 Å². The molecule has 0 aliphatic rings. The molecule has 0 amide bonds. The van der Waals surface area contributed by atoms with Gasteiger partial charge in [0, 0.05) is 11.9 Å². The molecule has 1 heterocycles. The number of aryl methyl sites for hydroxylation is 1. The van der Waals surface area contributed by atoms with E-state index >= 15 is 0 Å². The van der Waals surface area contributed by atoms with Crippen molar-refractivity contribution in [3.8, 4) is 0 Å². The summed E-state index contributed by atoms with van der Waals surface area (Å²) in [6.45, 7) is 14.4. The van der Waals surface area contributed by atoms with E-state index in [1.807, 2.05) is 18.2 Å². The third kappa shape index (κ3) is 3.93. The predicted octanol–water partition coefficient (Wildman–Crippen LogP) is 5.69. The smallest absolute Gasteiger partial charge is 0.0407 e. The van der Waals surface area contributed by atoms with Crippen LogP contribution < -0.4 is 0 Å². The molecule has 0 fully saturated rings. The summed E-state index contributed by atoms with van der Waals surface area (Å²) < 4.78 is 0. The van der Waals surface area contributed by atoms with E-state index in [1.54, 1.807) is 0 Å². The Labute approximate surface area is 124 Å². The van der Waals surface area contributed by atoms with Gasteiger partial charge in [-0.1, -0.05) is 58.6 Å². The molecule has 0 bridgehead atoms. The molecular weight excluding hydrogens is 242 g/mol. The Bertz CT molecular complexity index is 483. The maximum absolute atomic E-state index is 4.60. The molecule has 0 radical (unpaired) electrons. The first-order chi connectivity index (χ1) is 9.71. The van der Waals surface area contributed by atoms with Crippen LogP contribution >= 0.6 is 0 Å². The lowest BCUT2D eigenvalue weighted by molar-refractivity contribution is 0.592. The quantitative estimate of drug-likeness (QED) is 0.552. The molecule has 108 valence electrons. The standard InChI is InChI=1S/C19H27N/c1-6-11-15(8-3)18-13-17(10-5)20-14-19(18)16(9-4)12-7-2/h6,8,11,13-14,16H,1,3,7,9-10,12H2,2,4-5H3/b15-11+. The number of rotatable bonds is 8. The minimum absolute atomic E-state index is 0.571. The molecule has 0 aliphatic heterocycles. The molecule has 1 aromatic rings. The van der Waals surface area contributed by atoms with Gasteiger partial charge in [0.2, 0.25) is 0 Å². The van der Waals surface area contributed by atoms with E-state index in [2.05, 4.69) is 51.2 Å². The van der Waals surface area contributed by atoms with Crippen molar-refractivity contribution in [1.29, 1.82) is 0 Å². The minimum atomic E-state index is 0.571. The van der Waals surface area contributed by atoms with Gasteiger partial charge in [0.25, 0.3) is 0 Å². The zero-order chi connectivity index (χ0) is 15.0. The lowest BCUT2D eigenvalue weighted by Gasteiger charge is -2.19. The number of hydrogen-bond acceptors (Lipinski definition) is 1. The Hall–Kier alpha value is -1.63. The summed E-state index contributed by atoms with van der Waals surface area (Å²) in [6, 6.07) is 2.21. The first kappa shape index (κ1) is 16.4. The second kappa shape index (κ2) is 8.52. The van der Waals surface area contributed by atoms with Gasteiger partial charge in [-0.25, -0.2) is 0 Å². The molecule has 1 atom stereocenters. The third-order valence-corrected chi connectivity index (χ3v) is 3.75. The highest BCUT2D eigenvalue weighted by Crippen LogP contribution is 2.32. The number of aromatic nitrogens is 1. The lowest BCUT2D eigenvalue weighted by atomic mass is 9.86. The molecule has 0 N–H and O–H groups in total. The number of hydrogen-bond donors (Lipinski definition) is 0. The van der Waals surface area contributed by atoms with Crippen molar-refractivity contribution in [2.24, 2.45) is 0 Å². The summed E-state index contributed by atoms with van der Waals surface area (Å²) in [5.41, 5.74) is 4.89. The van der Waals surface area contributed by atoms with Crippen LogP contribution in [0.5, 0.6) is 0 Å². The van der Waals surface area contributed by atoms with Crippen LogP contribution in [-0.2, 0) is 6.42 Å². The van der Waals surface area contributed by atoms with Crippen LogP contribution in [0.15, 0.2) is 43.6 Å². The van der Waals surface area contributed by atoms with Gasteiger partial charge in [-0.15, -0.1) is 0 Å². The van der Waals surface area contributed by atoms with Crippen LogP contribution in [-0.4, -0.2) is 4.98 Å². The van der Waals surface area contributed by atoms with Crippen molar-refractivity contribution < 1.29 is 0 Å². The molecule has 0 spiro atoms. The van der Waals surface area contributed by atoms with Gasteiger partial charge in [-0.2, -0.15) is 0 Å². The summed E-state index contributed by atoms with van der Waals surface area (Å²) in [7, 11) is 0. The molecule has 1 rings (SSSR count). The maximum Gasteiger partial charge on any atom is 0.0407 e. The normalized spacial score (nSPS) is 13.1. The van der Waals surface area contributed by atoms with Crippen LogP contribution in [0.4, 0.5) is 0 Å². The number of pyridine rings is 1. The molecule has 0 aromatic carbocycles. The van der Waals surface area contributed by atoms with E-state index < -0.39 is 0 Å². The van der Waals surface area contributed by atoms with Gasteiger partial charge in [0.15, 0.2) is 0 Å². The topological polar surface area (TPSA) is 12.9 Å². The fourth-order valence-electron chi connectivity index (χ4n) is 2.60. The van der Waals surface area contributed by atoms with E-state index in [-0.39, 0.29) is 0 Å². The molecule has 1 heteroatoms. The van der Waals surface area contributed by atoms with Crippen molar-refractivity contribution in [3.05, 3.63) is 60.5 Å². The fourth-order valence-corrected chi connectivity index (χ4v) is 2.60. The summed E-state index contributed by atoms with van der Waals surface area (Å²) in [5.74, 6) is 0.571. The fraction of sp³-hybridized carbons (Fsp3) is 0.421.